The molecule has 4 nitrogen and oxygen atoms in total. The summed E-state index contributed by atoms with van der Waals surface area (Å²) in [6, 6.07) is 0. The quantitative estimate of drug-likeness (QED) is 0.763. The summed E-state index contributed by atoms with van der Waals surface area (Å²) in [6.07, 6.45) is 4.48. The molecule has 0 saturated carbocycles. The van der Waals surface area contributed by atoms with E-state index in [1.165, 1.54) is 0 Å². The first-order valence-electron chi connectivity index (χ1n) is 6.44. The molecule has 0 aliphatic carbocycles. The molecule has 94 valence electrons. The van der Waals surface area contributed by atoms with Crippen LogP contribution < -0.4 is 0 Å². The Kier molecular flexibility index (Phi) is 4.58. The van der Waals surface area contributed by atoms with Crippen LogP contribution in [0.3, 0.4) is 0 Å². The van der Waals surface area contributed by atoms with Crippen LogP contribution in [0.5, 0.6) is 0 Å². The fourth-order valence-electron chi connectivity index (χ4n) is 2.41. The summed E-state index contributed by atoms with van der Waals surface area (Å²) in [5.41, 5.74) is 0. The molecule has 16 heavy (non-hydrogen) atoms. The average molecular weight is 228 g/mol. The van der Waals surface area contributed by atoms with Crippen molar-refractivity contribution in [1.29, 1.82) is 0 Å². The van der Waals surface area contributed by atoms with Gasteiger partial charge < -0.3 is 14.7 Å². The minimum atomic E-state index is -0.0837. The zero-order valence-electron chi connectivity index (χ0n) is 10.3. The van der Waals surface area contributed by atoms with Crippen molar-refractivity contribution in [3.8, 4) is 0 Å². The Bertz CT molecular complexity index is 175. The molecule has 0 bridgehead atoms. The average Bonchev–Trinajstić information content (AvgIpc) is 2.30. The summed E-state index contributed by atoms with van der Waals surface area (Å²) < 4.78 is 5.92. The van der Waals surface area contributed by atoms with Crippen LogP contribution >= 0.6 is 0 Å². The van der Waals surface area contributed by atoms with Gasteiger partial charge in [-0.25, -0.2) is 0 Å². The molecule has 0 aromatic heterocycles. The molecule has 2 aliphatic heterocycles. The number of rotatable bonds is 3. The molecule has 4 heteroatoms. The van der Waals surface area contributed by atoms with Crippen LogP contribution in [0.2, 0.25) is 0 Å². The van der Waals surface area contributed by atoms with Crippen LogP contribution in [0.1, 0.15) is 25.7 Å². The third kappa shape index (κ3) is 3.70. The van der Waals surface area contributed by atoms with Gasteiger partial charge in [-0.15, -0.1) is 0 Å². The normalized spacial score (nSPS) is 27.4. The van der Waals surface area contributed by atoms with E-state index in [1.54, 1.807) is 0 Å². The van der Waals surface area contributed by atoms with E-state index in [9.17, 15) is 5.11 Å². The maximum absolute atomic E-state index is 9.40. The summed E-state index contributed by atoms with van der Waals surface area (Å²) in [6.45, 7) is 5.02. The van der Waals surface area contributed by atoms with Gasteiger partial charge in [0, 0.05) is 26.2 Å². The van der Waals surface area contributed by atoms with Crippen molar-refractivity contribution in [3.63, 3.8) is 0 Å². The number of aliphatic hydroxyl groups is 1. The van der Waals surface area contributed by atoms with Crippen molar-refractivity contribution in [2.75, 3.05) is 40.0 Å². The van der Waals surface area contributed by atoms with E-state index in [2.05, 4.69) is 16.8 Å². The Labute approximate surface area is 98.2 Å². The van der Waals surface area contributed by atoms with E-state index in [0.29, 0.717) is 6.10 Å². The van der Waals surface area contributed by atoms with Crippen molar-refractivity contribution in [3.05, 3.63) is 0 Å². The summed E-state index contributed by atoms with van der Waals surface area (Å²) in [7, 11) is 2.17. The summed E-state index contributed by atoms with van der Waals surface area (Å²) in [5.74, 6) is 0. The topological polar surface area (TPSA) is 35.9 Å². The van der Waals surface area contributed by atoms with Crippen LogP contribution in [0.15, 0.2) is 0 Å². The Morgan fingerprint density at radius 1 is 1.06 bits per heavy atom. The molecule has 1 N–H and O–H groups in total. The van der Waals surface area contributed by atoms with Crippen molar-refractivity contribution >= 4 is 0 Å². The molecule has 2 rings (SSSR count). The van der Waals surface area contributed by atoms with Crippen LogP contribution in [0, 0.1) is 0 Å². The number of hydrogen-bond donors (Lipinski definition) is 1. The number of likely N-dealkylation sites (tertiary alicyclic amines) is 2. The molecule has 0 aromatic rings. The third-order valence-electron chi connectivity index (χ3n) is 3.72. The molecule has 2 aliphatic rings. The van der Waals surface area contributed by atoms with Gasteiger partial charge in [0.25, 0.3) is 0 Å². The maximum Gasteiger partial charge on any atom is 0.0994 e. The van der Waals surface area contributed by atoms with Gasteiger partial charge in [-0.05, 0) is 32.7 Å². The van der Waals surface area contributed by atoms with Gasteiger partial charge in [-0.3, -0.25) is 4.90 Å². The van der Waals surface area contributed by atoms with E-state index in [4.69, 9.17) is 4.74 Å². The second kappa shape index (κ2) is 5.96. The summed E-state index contributed by atoms with van der Waals surface area (Å²) in [4.78, 5) is 4.67. The van der Waals surface area contributed by atoms with Gasteiger partial charge in [0.1, 0.15) is 0 Å². The lowest BCUT2D eigenvalue weighted by Crippen LogP contribution is -2.40. The van der Waals surface area contributed by atoms with Gasteiger partial charge in [-0.2, -0.15) is 0 Å². The first kappa shape index (κ1) is 12.3. The highest BCUT2D eigenvalue weighted by Gasteiger charge is 2.20. The Morgan fingerprint density at radius 3 is 2.31 bits per heavy atom. The van der Waals surface area contributed by atoms with Crippen molar-refractivity contribution in [2.24, 2.45) is 0 Å². The second-order valence-corrected chi connectivity index (χ2v) is 5.15. The SMILES string of the molecule is CN1CCC(OCN2CCC(O)CC2)CC1. The highest BCUT2D eigenvalue weighted by atomic mass is 16.5. The lowest BCUT2D eigenvalue weighted by Gasteiger charge is -2.33. The summed E-state index contributed by atoms with van der Waals surface area (Å²) >= 11 is 0. The largest absolute Gasteiger partial charge is 0.393 e. The first-order valence-corrected chi connectivity index (χ1v) is 6.44. The standard InChI is InChI=1S/C12H24N2O2/c1-13-6-4-12(5-7-13)16-10-14-8-2-11(15)3-9-14/h11-12,15H,2-10H2,1H3. The number of ether oxygens (including phenoxy) is 1. The minimum absolute atomic E-state index is 0.0837. The van der Waals surface area contributed by atoms with Crippen molar-refractivity contribution in [2.45, 2.75) is 37.9 Å². The third-order valence-corrected chi connectivity index (χ3v) is 3.72. The van der Waals surface area contributed by atoms with E-state index in [1.807, 2.05) is 0 Å². The van der Waals surface area contributed by atoms with Crippen LogP contribution in [-0.2, 0) is 4.74 Å². The van der Waals surface area contributed by atoms with E-state index < -0.39 is 0 Å². The molecule has 2 heterocycles. The second-order valence-electron chi connectivity index (χ2n) is 5.15. The molecule has 0 radical (unpaired) electrons. The first-order chi connectivity index (χ1) is 7.74. The molecular formula is C12H24N2O2. The van der Waals surface area contributed by atoms with E-state index >= 15 is 0 Å². The number of piperidine rings is 2. The number of aliphatic hydroxyl groups excluding tert-OH is 1. The van der Waals surface area contributed by atoms with Crippen LogP contribution in [0.4, 0.5) is 0 Å². The predicted molar refractivity (Wildman–Crippen MR) is 63.3 cm³/mol. The van der Waals surface area contributed by atoms with E-state index in [-0.39, 0.29) is 6.10 Å². The van der Waals surface area contributed by atoms with Gasteiger partial charge in [-0.1, -0.05) is 0 Å². The number of nitrogens with zero attached hydrogens (tertiary/aromatic N) is 2. The zero-order chi connectivity index (χ0) is 11.4. The zero-order valence-corrected chi connectivity index (χ0v) is 10.3. The molecule has 0 atom stereocenters. The Morgan fingerprint density at radius 2 is 1.69 bits per heavy atom. The predicted octanol–water partition coefficient (Wildman–Crippen LogP) is 0.511. The fraction of sp³-hybridized carbons (Fsp3) is 1.00. The maximum atomic E-state index is 9.40. The monoisotopic (exact) mass is 228 g/mol. The molecule has 0 aromatic carbocycles. The number of hydrogen-bond acceptors (Lipinski definition) is 4. The minimum Gasteiger partial charge on any atom is -0.393 e. The highest BCUT2D eigenvalue weighted by molar-refractivity contribution is 4.72. The van der Waals surface area contributed by atoms with Crippen molar-refractivity contribution in [1.82, 2.24) is 9.80 Å². The van der Waals surface area contributed by atoms with Gasteiger partial charge in [0.2, 0.25) is 0 Å². The summed E-state index contributed by atoms with van der Waals surface area (Å²) in [5, 5.41) is 9.40. The van der Waals surface area contributed by atoms with Gasteiger partial charge in [0.05, 0.1) is 18.9 Å². The molecule has 0 unspecified atom stereocenters. The van der Waals surface area contributed by atoms with Crippen molar-refractivity contribution < 1.29 is 9.84 Å². The van der Waals surface area contributed by atoms with E-state index in [0.717, 1.165) is 58.6 Å². The molecule has 0 spiro atoms. The fourth-order valence-corrected chi connectivity index (χ4v) is 2.41. The smallest absolute Gasteiger partial charge is 0.0994 e. The molecule has 2 saturated heterocycles. The molecule has 0 amide bonds. The lowest BCUT2D eigenvalue weighted by molar-refractivity contribution is -0.0598. The lowest BCUT2D eigenvalue weighted by atomic mass is 10.1. The van der Waals surface area contributed by atoms with Crippen LogP contribution in [0.25, 0.3) is 0 Å². The molecular weight excluding hydrogens is 204 g/mol. The Balaban J connectivity index is 1.60. The Hall–Kier alpha value is -0.160. The van der Waals surface area contributed by atoms with Gasteiger partial charge >= 0.3 is 0 Å². The van der Waals surface area contributed by atoms with Gasteiger partial charge in [0.15, 0.2) is 0 Å². The van der Waals surface area contributed by atoms with Crippen LogP contribution in [-0.4, -0.2) is 67.1 Å². The highest BCUT2D eigenvalue weighted by Crippen LogP contribution is 2.14. The molecule has 2 fully saturated rings.